The third-order valence-electron chi connectivity index (χ3n) is 4.77. The third kappa shape index (κ3) is 2.98. The monoisotopic (exact) mass is 341 g/mol. The topological polar surface area (TPSA) is 54.4 Å². The minimum absolute atomic E-state index is 0.561. The van der Waals surface area contributed by atoms with E-state index in [1.165, 1.54) is 5.56 Å². The summed E-state index contributed by atoms with van der Waals surface area (Å²) in [4.78, 5) is 2.00. The van der Waals surface area contributed by atoms with Crippen molar-refractivity contribution >= 4 is 10.9 Å². The third-order valence-corrected chi connectivity index (χ3v) is 4.77. The van der Waals surface area contributed by atoms with E-state index in [4.69, 9.17) is 4.52 Å². The fraction of sp³-hybridized carbons (Fsp3) is 0.450. The summed E-state index contributed by atoms with van der Waals surface area (Å²) in [6, 6.07) is 6.38. The van der Waals surface area contributed by atoms with E-state index in [1.807, 2.05) is 33.0 Å². The van der Waals surface area contributed by atoms with Crippen LogP contribution < -0.4 is 0 Å². The van der Waals surface area contributed by atoms with Gasteiger partial charge in [0.1, 0.15) is 5.76 Å². The zero-order valence-corrected chi connectivity index (χ0v) is 15.9. The van der Waals surface area contributed by atoms with Crippen molar-refractivity contribution in [3.63, 3.8) is 0 Å². The Morgan fingerprint density at radius 1 is 1.28 bits per heavy atom. The molecule has 0 fully saturated rings. The summed E-state index contributed by atoms with van der Waals surface area (Å²) in [6.45, 7) is 6.65. The number of rotatable bonds is 5. The summed E-state index contributed by atoms with van der Waals surface area (Å²) in [5.74, 6) is 0.790. The molecule has 0 bridgehead atoms. The van der Waals surface area contributed by atoms with Crippen LogP contribution in [0.5, 0.6) is 0 Å². The van der Waals surface area contributed by atoms with Gasteiger partial charge in [0.15, 0.2) is 0 Å². The van der Waals surface area contributed by atoms with Gasteiger partial charge in [-0.15, -0.1) is 0 Å². The lowest BCUT2D eigenvalue weighted by atomic mass is 9.98. The minimum atomic E-state index is -0.588. The Labute approximate surface area is 148 Å². The summed E-state index contributed by atoms with van der Waals surface area (Å²) in [5.41, 5.74) is 6.18. The number of fused-ring (bicyclic) bond motifs is 1. The molecule has 1 aromatic carbocycles. The Bertz CT molecular complexity index is 905. The van der Waals surface area contributed by atoms with Crippen molar-refractivity contribution in [2.75, 3.05) is 20.6 Å². The molecule has 1 unspecified atom stereocenters. The largest absolute Gasteiger partial charge is 0.387 e. The molecule has 3 aromatic rings. The first-order valence-corrected chi connectivity index (χ1v) is 8.72. The number of aryl methyl sites for hydroxylation is 4. The molecule has 0 aliphatic carbocycles. The maximum Gasteiger partial charge on any atom is 0.143 e. The van der Waals surface area contributed by atoms with Gasteiger partial charge in [-0.1, -0.05) is 23.7 Å². The highest BCUT2D eigenvalue weighted by atomic mass is 16.5. The smallest absolute Gasteiger partial charge is 0.143 e. The highest BCUT2D eigenvalue weighted by Gasteiger charge is 2.27. The highest BCUT2D eigenvalue weighted by Crippen LogP contribution is 2.40. The molecule has 0 amide bonds. The molecule has 25 heavy (non-hydrogen) atoms. The van der Waals surface area contributed by atoms with Crippen LogP contribution >= 0.6 is 0 Å². The molecule has 0 saturated heterocycles. The Balaban J connectivity index is 2.37. The first-order valence-electron chi connectivity index (χ1n) is 8.72. The predicted octanol–water partition coefficient (Wildman–Crippen LogP) is 3.61. The van der Waals surface area contributed by atoms with Gasteiger partial charge < -0.3 is 19.1 Å². The van der Waals surface area contributed by atoms with Gasteiger partial charge in [-0.25, -0.2) is 0 Å². The van der Waals surface area contributed by atoms with E-state index in [9.17, 15) is 5.11 Å². The van der Waals surface area contributed by atoms with Crippen molar-refractivity contribution in [1.29, 1.82) is 0 Å². The molecule has 5 heteroatoms. The second-order valence-corrected chi connectivity index (χ2v) is 7.03. The van der Waals surface area contributed by atoms with Crippen LogP contribution in [0.2, 0.25) is 0 Å². The van der Waals surface area contributed by atoms with Gasteiger partial charge in [-0.05, 0) is 46.5 Å². The zero-order chi connectivity index (χ0) is 18.3. The second kappa shape index (κ2) is 6.65. The van der Waals surface area contributed by atoms with Gasteiger partial charge >= 0.3 is 0 Å². The Morgan fingerprint density at radius 2 is 2.00 bits per heavy atom. The number of hydrogen-bond acceptors (Lipinski definition) is 4. The summed E-state index contributed by atoms with van der Waals surface area (Å²) in [7, 11) is 5.99. The van der Waals surface area contributed by atoms with Crippen LogP contribution in [0.25, 0.3) is 22.2 Å². The van der Waals surface area contributed by atoms with Gasteiger partial charge in [-0.3, -0.25) is 0 Å². The lowest BCUT2D eigenvalue weighted by Gasteiger charge is -2.18. The molecule has 5 nitrogen and oxygen atoms in total. The van der Waals surface area contributed by atoms with E-state index in [0.29, 0.717) is 6.54 Å². The molecule has 3 rings (SSSR count). The minimum Gasteiger partial charge on any atom is -0.387 e. The Morgan fingerprint density at radius 3 is 2.64 bits per heavy atom. The van der Waals surface area contributed by atoms with E-state index in [2.05, 4.69) is 41.8 Å². The Kier molecular flexibility index (Phi) is 4.71. The van der Waals surface area contributed by atoms with E-state index < -0.39 is 6.10 Å². The van der Waals surface area contributed by atoms with Crippen molar-refractivity contribution in [1.82, 2.24) is 14.6 Å². The molecule has 0 spiro atoms. The number of likely N-dealkylation sites (N-methyl/N-ethyl adjacent to an activating group) is 1. The molecular formula is C20H27N3O2. The molecule has 0 aliphatic rings. The van der Waals surface area contributed by atoms with Gasteiger partial charge in [0.05, 0.1) is 23.1 Å². The van der Waals surface area contributed by atoms with Crippen molar-refractivity contribution in [3.8, 4) is 11.3 Å². The normalized spacial score (nSPS) is 13.1. The molecule has 0 saturated carbocycles. The van der Waals surface area contributed by atoms with Crippen molar-refractivity contribution in [2.24, 2.45) is 7.05 Å². The SMILES string of the molecule is CCc1noc(C)c1-c1c(C(O)CN(C)C)c2cc(C)ccc2n1C. The van der Waals surface area contributed by atoms with Crippen molar-refractivity contribution in [3.05, 3.63) is 40.8 Å². The summed E-state index contributed by atoms with van der Waals surface area (Å²) in [6.07, 6.45) is 0.200. The second-order valence-electron chi connectivity index (χ2n) is 7.03. The van der Waals surface area contributed by atoms with Crippen LogP contribution in [0.15, 0.2) is 22.7 Å². The van der Waals surface area contributed by atoms with Crippen molar-refractivity contribution < 1.29 is 9.63 Å². The number of nitrogens with zero attached hydrogens (tertiary/aromatic N) is 3. The molecule has 1 N–H and O–H groups in total. The number of hydrogen-bond donors (Lipinski definition) is 1. The molecule has 0 aliphatic heterocycles. The standard InChI is InChI=1S/C20H27N3O2/c1-7-15-18(13(3)25-21-15)20-19(17(24)11-22(4)5)14-10-12(2)8-9-16(14)23(20)6/h8-10,17,24H,7,11H2,1-6H3. The Hall–Kier alpha value is -2.11. The van der Waals surface area contributed by atoms with Crippen LogP contribution in [0.3, 0.4) is 0 Å². The maximum atomic E-state index is 11.0. The number of aromatic nitrogens is 2. The summed E-state index contributed by atoms with van der Waals surface area (Å²) < 4.78 is 7.63. The van der Waals surface area contributed by atoms with Crippen molar-refractivity contribution in [2.45, 2.75) is 33.3 Å². The van der Waals surface area contributed by atoms with Crippen LogP contribution in [-0.4, -0.2) is 40.4 Å². The van der Waals surface area contributed by atoms with Crippen LogP contribution in [0.1, 0.15) is 35.6 Å². The predicted molar refractivity (Wildman–Crippen MR) is 101 cm³/mol. The average molecular weight is 341 g/mol. The maximum absolute atomic E-state index is 11.0. The molecular weight excluding hydrogens is 314 g/mol. The number of aliphatic hydroxyl groups excluding tert-OH is 1. The first-order chi connectivity index (χ1) is 11.8. The van der Waals surface area contributed by atoms with Crippen LogP contribution in [0, 0.1) is 13.8 Å². The van der Waals surface area contributed by atoms with E-state index in [-0.39, 0.29) is 0 Å². The molecule has 2 heterocycles. The number of benzene rings is 1. The lowest BCUT2D eigenvalue weighted by molar-refractivity contribution is 0.140. The molecule has 134 valence electrons. The molecule has 1 atom stereocenters. The van der Waals surface area contributed by atoms with E-state index in [0.717, 1.165) is 45.6 Å². The van der Waals surface area contributed by atoms with E-state index in [1.54, 1.807) is 0 Å². The van der Waals surface area contributed by atoms with E-state index >= 15 is 0 Å². The fourth-order valence-corrected chi connectivity index (χ4v) is 3.63. The first kappa shape index (κ1) is 17.7. The fourth-order valence-electron chi connectivity index (χ4n) is 3.63. The quantitative estimate of drug-likeness (QED) is 0.770. The van der Waals surface area contributed by atoms with Gasteiger partial charge in [0.2, 0.25) is 0 Å². The molecule has 2 aromatic heterocycles. The van der Waals surface area contributed by atoms with Crippen LogP contribution in [-0.2, 0) is 13.5 Å². The van der Waals surface area contributed by atoms with Gasteiger partial charge in [0.25, 0.3) is 0 Å². The summed E-state index contributed by atoms with van der Waals surface area (Å²) >= 11 is 0. The lowest BCUT2D eigenvalue weighted by Crippen LogP contribution is -2.20. The zero-order valence-electron chi connectivity index (χ0n) is 15.9. The summed E-state index contributed by atoms with van der Waals surface area (Å²) in [5, 5.41) is 16.3. The number of aliphatic hydroxyl groups is 1. The average Bonchev–Trinajstić information content (AvgIpc) is 3.03. The highest BCUT2D eigenvalue weighted by molar-refractivity contribution is 5.93. The van der Waals surface area contributed by atoms with Gasteiger partial charge in [0, 0.05) is 30.1 Å². The molecule has 0 radical (unpaired) electrons. The van der Waals surface area contributed by atoms with Gasteiger partial charge in [-0.2, -0.15) is 0 Å². The van der Waals surface area contributed by atoms with Crippen LogP contribution in [0.4, 0.5) is 0 Å².